The van der Waals surface area contributed by atoms with Crippen LogP contribution in [0, 0.1) is 36.0 Å². The third kappa shape index (κ3) is 4.39. The molecule has 0 unspecified atom stereocenters. The molecule has 1 fully saturated rings. The number of ketones is 2. The highest BCUT2D eigenvalue weighted by molar-refractivity contribution is 6.23. The summed E-state index contributed by atoms with van der Waals surface area (Å²) in [6.07, 6.45) is 6.24. The van der Waals surface area contributed by atoms with Crippen LogP contribution in [-0.2, 0) is 27.3 Å². The SMILES string of the molecule is C#CCCNCc1ccc(-c2ccc(O)c3c2C[C@H]2C[C@H]4[C@H](C(C)C)C(=O)C(C(N)=O)=C(O)[C@@]4(O)C(=O)C2=C3O)cc1. The molecule has 0 bridgehead atoms. The van der Waals surface area contributed by atoms with E-state index in [9.17, 15) is 34.8 Å². The first-order valence-electron chi connectivity index (χ1n) is 14.0. The number of fused-ring (bicyclic) bond motifs is 3. The second kappa shape index (κ2) is 10.8. The van der Waals surface area contributed by atoms with Gasteiger partial charge in [-0.05, 0) is 53.0 Å². The highest BCUT2D eigenvalue weighted by atomic mass is 16.3. The van der Waals surface area contributed by atoms with Crippen molar-refractivity contribution < 1.29 is 34.8 Å². The number of phenolic OH excluding ortho intramolecular Hbond substituents is 1. The Kier molecular flexibility index (Phi) is 7.48. The molecule has 218 valence electrons. The molecule has 1 amide bonds. The molecular weight excluding hydrogens is 536 g/mol. The Balaban J connectivity index is 1.60. The van der Waals surface area contributed by atoms with Gasteiger partial charge in [-0.1, -0.05) is 44.2 Å². The molecule has 7 N–H and O–H groups in total. The molecule has 42 heavy (non-hydrogen) atoms. The van der Waals surface area contributed by atoms with Crippen LogP contribution < -0.4 is 11.1 Å². The van der Waals surface area contributed by atoms with Gasteiger partial charge < -0.3 is 31.5 Å². The molecule has 3 aliphatic carbocycles. The number of phenols is 1. The van der Waals surface area contributed by atoms with Crippen molar-refractivity contribution in [1.29, 1.82) is 0 Å². The molecule has 2 aromatic carbocycles. The number of nitrogens with two attached hydrogens (primary N) is 1. The number of rotatable bonds is 7. The van der Waals surface area contributed by atoms with Crippen molar-refractivity contribution in [3.8, 4) is 29.2 Å². The lowest BCUT2D eigenvalue weighted by Gasteiger charge is -2.50. The first-order chi connectivity index (χ1) is 19.9. The zero-order chi connectivity index (χ0) is 30.5. The molecule has 0 aliphatic heterocycles. The summed E-state index contributed by atoms with van der Waals surface area (Å²) in [6, 6.07) is 11.0. The van der Waals surface area contributed by atoms with E-state index in [0.717, 1.165) is 16.7 Å². The first kappa shape index (κ1) is 29.1. The van der Waals surface area contributed by atoms with E-state index < -0.39 is 63.8 Å². The summed E-state index contributed by atoms with van der Waals surface area (Å²) in [6.45, 7) is 4.82. The second-order valence-corrected chi connectivity index (χ2v) is 11.6. The van der Waals surface area contributed by atoms with E-state index in [1.807, 2.05) is 24.3 Å². The Morgan fingerprint density at radius 1 is 1.14 bits per heavy atom. The van der Waals surface area contributed by atoms with Crippen LogP contribution in [0.25, 0.3) is 16.9 Å². The third-order valence-corrected chi connectivity index (χ3v) is 8.89. The summed E-state index contributed by atoms with van der Waals surface area (Å²) >= 11 is 0. The van der Waals surface area contributed by atoms with Crippen LogP contribution in [0.15, 0.2) is 53.3 Å². The monoisotopic (exact) mass is 570 g/mol. The maximum Gasteiger partial charge on any atom is 0.255 e. The Bertz CT molecular complexity index is 1600. The maximum atomic E-state index is 14.0. The lowest BCUT2D eigenvalue weighted by Crippen LogP contribution is -2.62. The average Bonchev–Trinajstić information content (AvgIpc) is 2.93. The van der Waals surface area contributed by atoms with E-state index in [1.165, 1.54) is 6.07 Å². The van der Waals surface area contributed by atoms with Crippen molar-refractivity contribution in [2.24, 2.45) is 29.4 Å². The van der Waals surface area contributed by atoms with Crippen LogP contribution in [0.2, 0.25) is 0 Å². The van der Waals surface area contributed by atoms with Crippen molar-refractivity contribution in [3.63, 3.8) is 0 Å². The first-order valence-corrected chi connectivity index (χ1v) is 14.0. The molecule has 0 spiro atoms. The molecule has 1 saturated carbocycles. The molecule has 0 heterocycles. The normalized spacial score (nSPS) is 25.2. The van der Waals surface area contributed by atoms with Crippen molar-refractivity contribution >= 4 is 23.2 Å². The molecule has 9 nitrogen and oxygen atoms in total. The van der Waals surface area contributed by atoms with Crippen LogP contribution in [0.5, 0.6) is 5.75 Å². The molecule has 2 aromatic rings. The zero-order valence-corrected chi connectivity index (χ0v) is 23.5. The number of terminal acetylenes is 1. The van der Waals surface area contributed by atoms with Crippen molar-refractivity contribution in [3.05, 3.63) is 70.0 Å². The number of hydrogen-bond acceptors (Lipinski definition) is 8. The summed E-state index contributed by atoms with van der Waals surface area (Å²) in [4.78, 5) is 39.5. The Morgan fingerprint density at radius 3 is 2.45 bits per heavy atom. The number of primary amides is 1. The molecule has 5 rings (SSSR count). The van der Waals surface area contributed by atoms with Gasteiger partial charge in [-0.2, -0.15) is 0 Å². The molecule has 9 heteroatoms. The fourth-order valence-electron chi connectivity index (χ4n) is 6.95. The number of aliphatic hydroxyl groups is 3. The Morgan fingerprint density at radius 2 is 1.83 bits per heavy atom. The number of amides is 1. The molecule has 3 aliphatic rings. The number of Topliss-reactive ketones (excluding diaryl/α,β-unsaturated/α-hetero) is 2. The number of nitrogens with one attached hydrogen (secondary N) is 1. The number of benzene rings is 2. The van der Waals surface area contributed by atoms with Gasteiger partial charge in [0.2, 0.25) is 5.78 Å². The molecular formula is C33H34N2O7. The fraction of sp³-hybridized carbons (Fsp3) is 0.364. The number of carbonyl (C=O) groups is 3. The summed E-state index contributed by atoms with van der Waals surface area (Å²) in [5, 5.41) is 48.3. The van der Waals surface area contributed by atoms with Crippen LogP contribution >= 0.6 is 0 Å². The number of carbonyl (C=O) groups excluding carboxylic acids is 3. The van der Waals surface area contributed by atoms with Gasteiger partial charge in [0.05, 0.1) is 5.56 Å². The topological polar surface area (TPSA) is 170 Å². The number of aliphatic hydroxyl groups excluding tert-OH is 2. The zero-order valence-electron chi connectivity index (χ0n) is 23.5. The van der Waals surface area contributed by atoms with Crippen LogP contribution in [0.1, 0.15) is 43.4 Å². The fourth-order valence-corrected chi connectivity index (χ4v) is 6.95. The highest BCUT2D eigenvalue weighted by Crippen LogP contribution is 2.55. The molecule has 0 aromatic heterocycles. The third-order valence-electron chi connectivity index (χ3n) is 8.89. The second-order valence-electron chi connectivity index (χ2n) is 11.6. The van der Waals surface area contributed by atoms with Gasteiger partial charge in [0, 0.05) is 36.9 Å². The number of aromatic hydroxyl groups is 1. The molecule has 0 saturated heterocycles. The van der Waals surface area contributed by atoms with E-state index in [0.29, 0.717) is 25.1 Å². The minimum atomic E-state index is -2.62. The van der Waals surface area contributed by atoms with Crippen LogP contribution in [0.3, 0.4) is 0 Å². The van der Waals surface area contributed by atoms with Crippen molar-refractivity contribution in [1.82, 2.24) is 5.32 Å². The average molecular weight is 571 g/mol. The standard InChI is InChI=1S/C33H34N2O7/c1-4-5-12-35-15-17-6-8-18(9-7-17)20-10-11-23(36)26-21(20)13-19-14-22-24(16(2)3)28(37)27(32(34)41)31(40)33(22,42)30(39)25(19)29(26)38/h1,6-11,16,19,22,24,35-36,38,40,42H,5,12-15H2,2-3H3,(H2,34,41)/t19-,22-,24-,33-/m0/s1. The quantitative estimate of drug-likeness (QED) is 0.168. The van der Waals surface area contributed by atoms with Gasteiger partial charge in [0.1, 0.15) is 22.8 Å². The van der Waals surface area contributed by atoms with E-state index in [2.05, 4.69) is 11.2 Å². The predicted octanol–water partition coefficient (Wildman–Crippen LogP) is 3.09. The summed E-state index contributed by atoms with van der Waals surface area (Å²) < 4.78 is 0. The largest absolute Gasteiger partial charge is 0.508 e. The molecule has 4 atom stereocenters. The maximum absolute atomic E-state index is 14.0. The van der Waals surface area contributed by atoms with Gasteiger partial charge in [-0.3, -0.25) is 14.4 Å². The van der Waals surface area contributed by atoms with Gasteiger partial charge >= 0.3 is 0 Å². The summed E-state index contributed by atoms with van der Waals surface area (Å²) in [7, 11) is 0. The van der Waals surface area contributed by atoms with Gasteiger partial charge in [0.15, 0.2) is 11.4 Å². The predicted molar refractivity (Wildman–Crippen MR) is 156 cm³/mol. The minimum absolute atomic E-state index is 0.0695. The lowest BCUT2D eigenvalue weighted by atomic mass is 9.54. The summed E-state index contributed by atoms with van der Waals surface area (Å²) in [5.74, 6) is -5.22. The van der Waals surface area contributed by atoms with Gasteiger partial charge in [0.25, 0.3) is 5.91 Å². The Labute approximate surface area is 243 Å². The van der Waals surface area contributed by atoms with Crippen molar-refractivity contribution in [2.75, 3.05) is 6.54 Å². The van der Waals surface area contributed by atoms with E-state index in [-0.39, 0.29) is 29.7 Å². The number of hydrogen-bond donors (Lipinski definition) is 6. The van der Waals surface area contributed by atoms with Gasteiger partial charge in [-0.15, -0.1) is 12.3 Å². The van der Waals surface area contributed by atoms with Gasteiger partial charge in [-0.25, -0.2) is 0 Å². The van der Waals surface area contributed by atoms with E-state index in [4.69, 9.17) is 12.2 Å². The summed E-state index contributed by atoms with van der Waals surface area (Å²) in [5.41, 5.74) is 5.16. The van der Waals surface area contributed by atoms with E-state index in [1.54, 1.807) is 19.9 Å². The molecule has 0 radical (unpaired) electrons. The highest BCUT2D eigenvalue weighted by Gasteiger charge is 2.64. The Hall–Kier alpha value is -4.39. The van der Waals surface area contributed by atoms with Crippen LogP contribution in [0.4, 0.5) is 0 Å². The lowest BCUT2D eigenvalue weighted by molar-refractivity contribution is -0.155. The minimum Gasteiger partial charge on any atom is -0.508 e. The van der Waals surface area contributed by atoms with Crippen LogP contribution in [-0.4, -0.2) is 50.0 Å². The van der Waals surface area contributed by atoms with Crippen molar-refractivity contribution in [2.45, 2.75) is 45.3 Å². The smallest absolute Gasteiger partial charge is 0.255 e. The van der Waals surface area contributed by atoms with E-state index >= 15 is 0 Å².